The molecular weight excluding hydrogens is 686 g/mol. The number of carbonyl (C=O) groups is 9. The second-order valence-electron chi connectivity index (χ2n) is 13.9. The average Bonchev–Trinajstić information content (AvgIpc) is 3.87. The Morgan fingerprint density at radius 2 is 1.13 bits per heavy atom. The van der Waals surface area contributed by atoms with E-state index in [1.54, 1.807) is 13.8 Å². The van der Waals surface area contributed by atoms with Crippen molar-refractivity contribution in [3.05, 3.63) is 0 Å². The molecule has 6 amide bonds. The summed E-state index contributed by atoms with van der Waals surface area (Å²) in [4.78, 5) is 118. The Kier molecular flexibility index (Phi) is 14.9. The molecule has 3 heterocycles. The van der Waals surface area contributed by atoms with Crippen molar-refractivity contribution < 1.29 is 58.5 Å². The van der Waals surface area contributed by atoms with Crippen LogP contribution >= 0.6 is 0 Å². The number of hydrogen-bond donors (Lipinski definition) is 7. The highest BCUT2D eigenvalue weighted by Gasteiger charge is 2.45. The number of aliphatic carboxylic acids is 3. The van der Waals surface area contributed by atoms with Crippen LogP contribution in [0.15, 0.2) is 0 Å². The minimum absolute atomic E-state index is 0.0940. The largest absolute Gasteiger partial charge is 0.481 e. The third-order valence-corrected chi connectivity index (χ3v) is 9.73. The highest BCUT2D eigenvalue weighted by atomic mass is 16.4. The Morgan fingerprint density at radius 1 is 0.654 bits per heavy atom. The molecule has 0 unspecified atom stereocenters. The Morgan fingerprint density at radius 3 is 1.67 bits per heavy atom. The van der Waals surface area contributed by atoms with Gasteiger partial charge < -0.3 is 51.7 Å². The molecule has 0 aliphatic carbocycles. The van der Waals surface area contributed by atoms with E-state index < -0.39 is 108 Å². The van der Waals surface area contributed by atoms with Gasteiger partial charge in [0.1, 0.15) is 36.3 Å². The number of hydrogen-bond acceptors (Lipinski definition) is 10. The van der Waals surface area contributed by atoms with E-state index in [-0.39, 0.29) is 45.3 Å². The fourth-order valence-electron chi connectivity index (χ4n) is 6.84. The topological polar surface area (TPSA) is 286 Å². The SMILES string of the molecule is CC(C)[C@H](NC(=O)[C@H](C)NC(=O)[C@@H]1CCCN1C(=O)[C@@H](N)CCC(=O)O)C(=O)N1CCC[C@H]1C(=O)N1CCC[C@H]1C(=O)N[C@@H](CCC(=O)O)C(=O)O. The zero-order valence-corrected chi connectivity index (χ0v) is 29.7. The van der Waals surface area contributed by atoms with Gasteiger partial charge in [-0.25, -0.2) is 4.79 Å². The maximum absolute atomic E-state index is 13.9. The first kappa shape index (κ1) is 41.6. The minimum atomic E-state index is -1.46. The first-order valence-corrected chi connectivity index (χ1v) is 17.7. The summed E-state index contributed by atoms with van der Waals surface area (Å²) in [5.41, 5.74) is 5.89. The first-order chi connectivity index (χ1) is 24.4. The van der Waals surface area contributed by atoms with Crippen LogP contribution in [-0.2, 0) is 43.2 Å². The fourth-order valence-corrected chi connectivity index (χ4v) is 6.84. The number of nitrogens with one attached hydrogen (secondary N) is 3. The number of carboxylic acid groups (broad SMARTS) is 3. The van der Waals surface area contributed by atoms with E-state index in [1.807, 2.05) is 0 Å². The lowest BCUT2D eigenvalue weighted by molar-refractivity contribution is -0.149. The van der Waals surface area contributed by atoms with Crippen molar-refractivity contribution in [3.8, 4) is 0 Å². The van der Waals surface area contributed by atoms with Crippen LogP contribution < -0.4 is 21.7 Å². The third-order valence-electron chi connectivity index (χ3n) is 9.73. The van der Waals surface area contributed by atoms with Gasteiger partial charge in [0.05, 0.1) is 6.04 Å². The van der Waals surface area contributed by atoms with Crippen LogP contribution in [0.25, 0.3) is 0 Å². The summed E-state index contributed by atoms with van der Waals surface area (Å²) in [6, 6.07) is -7.61. The fraction of sp³-hybridized carbons (Fsp3) is 0.727. The van der Waals surface area contributed by atoms with Crippen LogP contribution in [0, 0.1) is 5.92 Å². The van der Waals surface area contributed by atoms with E-state index >= 15 is 0 Å². The molecule has 7 atom stereocenters. The first-order valence-electron chi connectivity index (χ1n) is 17.7. The van der Waals surface area contributed by atoms with Gasteiger partial charge in [0.15, 0.2) is 0 Å². The molecule has 8 N–H and O–H groups in total. The monoisotopic (exact) mass is 737 g/mol. The van der Waals surface area contributed by atoms with Gasteiger partial charge in [-0.2, -0.15) is 0 Å². The Bertz CT molecular complexity index is 1410. The second-order valence-corrected chi connectivity index (χ2v) is 13.9. The molecule has 3 aliphatic heterocycles. The lowest BCUT2D eigenvalue weighted by Gasteiger charge is -2.34. The lowest BCUT2D eigenvalue weighted by Crippen LogP contribution is -2.60. The molecule has 3 fully saturated rings. The van der Waals surface area contributed by atoms with Crippen molar-refractivity contribution in [1.29, 1.82) is 0 Å². The highest BCUT2D eigenvalue weighted by Crippen LogP contribution is 2.27. The number of amides is 6. The molecule has 0 bridgehead atoms. The molecule has 3 rings (SSSR count). The smallest absolute Gasteiger partial charge is 0.326 e. The normalized spacial score (nSPS) is 22.3. The van der Waals surface area contributed by atoms with Crippen molar-refractivity contribution in [1.82, 2.24) is 30.7 Å². The Hall–Kier alpha value is -4.81. The second kappa shape index (κ2) is 18.6. The third kappa shape index (κ3) is 10.6. The predicted molar refractivity (Wildman–Crippen MR) is 180 cm³/mol. The van der Waals surface area contributed by atoms with Crippen LogP contribution in [0.2, 0.25) is 0 Å². The van der Waals surface area contributed by atoms with E-state index in [9.17, 15) is 48.3 Å². The number of nitrogens with zero attached hydrogens (tertiary/aromatic N) is 3. The summed E-state index contributed by atoms with van der Waals surface area (Å²) >= 11 is 0. The molecule has 290 valence electrons. The molecular formula is C33H51N7O12. The van der Waals surface area contributed by atoms with Crippen LogP contribution in [0.1, 0.15) is 85.0 Å². The van der Waals surface area contributed by atoms with Crippen molar-refractivity contribution >= 4 is 53.4 Å². The molecule has 0 saturated carbocycles. The van der Waals surface area contributed by atoms with Crippen LogP contribution in [0.3, 0.4) is 0 Å². The van der Waals surface area contributed by atoms with Crippen LogP contribution in [0.4, 0.5) is 0 Å². The van der Waals surface area contributed by atoms with Crippen molar-refractivity contribution in [2.24, 2.45) is 11.7 Å². The zero-order valence-electron chi connectivity index (χ0n) is 29.7. The maximum Gasteiger partial charge on any atom is 0.326 e. The maximum atomic E-state index is 13.9. The molecule has 0 aromatic rings. The summed E-state index contributed by atoms with van der Waals surface area (Å²) in [7, 11) is 0. The Labute approximate surface area is 301 Å². The number of carbonyl (C=O) groups excluding carboxylic acids is 6. The van der Waals surface area contributed by atoms with E-state index in [1.165, 1.54) is 21.6 Å². The molecule has 3 saturated heterocycles. The van der Waals surface area contributed by atoms with E-state index in [4.69, 9.17) is 15.9 Å². The van der Waals surface area contributed by atoms with E-state index in [2.05, 4.69) is 16.0 Å². The minimum Gasteiger partial charge on any atom is -0.481 e. The van der Waals surface area contributed by atoms with Crippen molar-refractivity contribution in [2.75, 3.05) is 19.6 Å². The summed E-state index contributed by atoms with van der Waals surface area (Å²) in [6.07, 6.45) is 1.10. The van der Waals surface area contributed by atoms with Gasteiger partial charge in [-0.15, -0.1) is 0 Å². The van der Waals surface area contributed by atoms with Gasteiger partial charge in [0.25, 0.3) is 0 Å². The van der Waals surface area contributed by atoms with Gasteiger partial charge in [0, 0.05) is 32.5 Å². The number of nitrogens with two attached hydrogens (primary N) is 1. The van der Waals surface area contributed by atoms with Crippen molar-refractivity contribution in [3.63, 3.8) is 0 Å². The molecule has 0 aromatic heterocycles. The number of likely N-dealkylation sites (tertiary alicyclic amines) is 3. The van der Waals surface area contributed by atoms with Gasteiger partial charge in [0.2, 0.25) is 35.4 Å². The number of carboxylic acids is 3. The molecule has 3 aliphatic rings. The summed E-state index contributed by atoms with van der Waals surface area (Å²) in [6.45, 7) is 5.49. The van der Waals surface area contributed by atoms with E-state index in [0.717, 1.165) is 0 Å². The molecule has 0 radical (unpaired) electrons. The zero-order chi connectivity index (χ0) is 38.9. The summed E-state index contributed by atoms with van der Waals surface area (Å²) in [5, 5.41) is 34.9. The number of rotatable bonds is 17. The van der Waals surface area contributed by atoms with Gasteiger partial charge in [-0.3, -0.25) is 38.4 Å². The van der Waals surface area contributed by atoms with Gasteiger partial charge in [-0.1, -0.05) is 13.8 Å². The summed E-state index contributed by atoms with van der Waals surface area (Å²) < 4.78 is 0. The predicted octanol–water partition coefficient (Wildman–Crippen LogP) is -1.77. The molecule has 19 nitrogen and oxygen atoms in total. The highest BCUT2D eigenvalue weighted by molar-refractivity contribution is 5.97. The quantitative estimate of drug-likeness (QED) is 0.0871. The van der Waals surface area contributed by atoms with Gasteiger partial charge in [-0.05, 0) is 64.2 Å². The molecule has 19 heteroatoms. The van der Waals surface area contributed by atoms with Gasteiger partial charge >= 0.3 is 17.9 Å². The Balaban J connectivity index is 1.64. The molecule has 0 spiro atoms. The van der Waals surface area contributed by atoms with Crippen LogP contribution in [0.5, 0.6) is 0 Å². The van der Waals surface area contributed by atoms with E-state index in [0.29, 0.717) is 32.1 Å². The molecule has 52 heavy (non-hydrogen) atoms. The van der Waals surface area contributed by atoms with Crippen molar-refractivity contribution in [2.45, 2.75) is 127 Å². The standard InChI is InChI=1S/C33H51N7O12/c1-17(2)26(37-27(45)18(3)35-28(46)21-7-4-14-38(21)30(48)19(34)10-12-24(41)42)32(50)40-16-6-9-23(40)31(49)39-15-5-8-22(39)29(47)36-20(33(51)52)11-13-25(43)44/h17-23,26H,4-16,34H2,1-3H3,(H,35,46)(H,36,47)(H,37,45)(H,41,42)(H,43,44)(H,51,52)/t18-,19-,20-,21-,22-,23-,26-/m0/s1. The average molecular weight is 738 g/mol. The lowest BCUT2D eigenvalue weighted by atomic mass is 10.0. The van der Waals surface area contributed by atoms with Crippen LogP contribution in [-0.4, -0.2) is 145 Å². The molecule has 0 aromatic carbocycles. The summed E-state index contributed by atoms with van der Waals surface area (Å²) in [5.74, 6) is -7.75.